The Morgan fingerprint density at radius 3 is 2.46 bits per heavy atom. The van der Waals surface area contributed by atoms with Gasteiger partial charge in [0.15, 0.2) is 11.5 Å². The fraction of sp³-hybridized carbons (Fsp3) is 0.0952. The maximum absolute atomic E-state index is 10.8. The number of benzene rings is 3. The number of nitrogens with one attached hydrogen (secondary N) is 1. The highest BCUT2D eigenvalue weighted by Crippen LogP contribution is 2.31. The van der Waals surface area contributed by atoms with Crippen molar-refractivity contribution in [3.8, 4) is 11.5 Å². The third-order valence-corrected chi connectivity index (χ3v) is 3.93. The molecule has 0 unspecified atom stereocenters. The van der Waals surface area contributed by atoms with Gasteiger partial charge in [-0.3, -0.25) is 15.5 Å². The zero-order chi connectivity index (χ0) is 19.8. The summed E-state index contributed by atoms with van der Waals surface area (Å²) < 4.78 is 11.3. The highest BCUT2D eigenvalue weighted by molar-refractivity contribution is 5.85. The number of hydrogen-bond acceptors (Lipinski definition) is 6. The van der Waals surface area contributed by atoms with Gasteiger partial charge in [-0.15, -0.1) is 0 Å². The second kappa shape index (κ2) is 9.18. The van der Waals surface area contributed by atoms with Gasteiger partial charge < -0.3 is 9.47 Å². The van der Waals surface area contributed by atoms with Crippen LogP contribution in [0.1, 0.15) is 11.1 Å². The van der Waals surface area contributed by atoms with Crippen molar-refractivity contribution >= 4 is 17.6 Å². The number of nitro benzene ring substituents is 1. The van der Waals surface area contributed by atoms with E-state index in [2.05, 4.69) is 10.5 Å². The summed E-state index contributed by atoms with van der Waals surface area (Å²) in [5.74, 6) is 1.12. The topological polar surface area (TPSA) is 86.0 Å². The Labute approximate surface area is 162 Å². The highest BCUT2D eigenvalue weighted by Gasteiger charge is 2.10. The maximum atomic E-state index is 10.8. The van der Waals surface area contributed by atoms with Gasteiger partial charge in [0.25, 0.3) is 5.69 Å². The van der Waals surface area contributed by atoms with E-state index < -0.39 is 4.92 Å². The van der Waals surface area contributed by atoms with Crippen LogP contribution in [0, 0.1) is 10.1 Å². The summed E-state index contributed by atoms with van der Waals surface area (Å²) in [5.41, 5.74) is 5.42. The zero-order valence-corrected chi connectivity index (χ0v) is 15.2. The maximum Gasteiger partial charge on any atom is 0.269 e. The van der Waals surface area contributed by atoms with Crippen LogP contribution in [0.4, 0.5) is 11.4 Å². The normalized spacial score (nSPS) is 10.6. The van der Waals surface area contributed by atoms with Crippen molar-refractivity contribution in [1.82, 2.24) is 0 Å². The summed E-state index contributed by atoms with van der Waals surface area (Å²) in [5, 5.41) is 15.0. The van der Waals surface area contributed by atoms with Gasteiger partial charge in [0, 0.05) is 17.7 Å². The number of hydrogen-bond donors (Lipinski definition) is 1. The minimum Gasteiger partial charge on any atom is -0.493 e. The standard InChI is InChI=1S/C21H19N3O4/c1-27-20-9-5-6-17(14-22-23-18-7-3-2-4-8-18)21(20)28-15-16-10-12-19(13-11-16)24(25)26/h2-14,23H,15H2,1H3/b22-14+. The molecule has 0 bridgehead atoms. The average molecular weight is 377 g/mol. The number of nitrogens with zero attached hydrogens (tertiary/aromatic N) is 2. The Balaban J connectivity index is 1.74. The monoisotopic (exact) mass is 377 g/mol. The summed E-state index contributed by atoms with van der Waals surface area (Å²) in [6, 6.07) is 21.3. The molecule has 3 rings (SSSR count). The Morgan fingerprint density at radius 1 is 1.04 bits per heavy atom. The summed E-state index contributed by atoms with van der Waals surface area (Å²) in [4.78, 5) is 10.3. The van der Waals surface area contributed by atoms with Crippen LogP contribution in [-0.2, 0) is 6.61 Å². The Morgan fingerprint density at radius 2 is 1.79 bits per heavy atom. The molecule has 0 radical (unpaired) electrons. The number of nitro groups is 1. The summed E-state index contributed by atoms with van der Waals surface area (Å²) >= 11 is 0. The van der Waals surface area contributed by atoms with Crippen LogP contribution in [-0.4, -0.2) is 18.2 Å². The third kappa shape index (κ3) is 4.85. The lowest BCUT2D eigenvalue weighted by molar-refractivity contribution is -0.384. The molecule has 142 valence electrons. The molecule has 0 atom stereocenters. The smallest absolute Gasteiger partial charge is 0.269 e. The van der Waals surface area contributed by atoms with E-state index in [1.807, 2.05) is 42.5 Å². The predicted octanol–water partition coefficient (Wildman–Crippen LogP) is 4.63. The van der Waals surface area contributed by atoms with Crippen molar-refractivity contribution in [1.29, 1.82) is 0 Å². The largest absolute Gasteiger partial charge is 0.493 e. The van der Waals surface area contributed by atoms with Gasteiger partial charge in [0.05, 0.1) is 23.9 Å². The number of methoxy groups -OCH3 is 1. The molecule has 0 aliphatic carbocycles. The van der Waals surface area contributed by atoms with E-state index in [0.717, 1.165) is 16.8 Å². The van der Waals surface area contributed by atoms with Gasteiger partial charge in [-0.1, -0.05) is 24.3 Å². The van der Waals surface area contributed by atoms with Gasteiger partial charge in [-0.2, -0.15) is 5.10 Å². The number of anilines is 1. The van der Waals surface area contributed by atoms with Crippen LogP contribution in [0.5, 0.6) is 11.5 Å². The summed E-state index contributed by atoms with van der Waals surface area (Å²) in [7, 11) is 1.57. The Hall–Kier alpha value is -3.87. The van der Waals surface area contributed by atoms with E-state index in [-0.39, 0.29) is 12.3 Å². The fourth-order valence-corrected chi connectivity index (χ4v) is 2.51. The summed E-state index contributed by atoms with van der Waals surface area (Å²) in [6.45, 7) is 0.241. The molecule has 0 fully saturated rings. The van der Waals surface area contributed by atoms with Crippen molar-refractivity contribution in [3.63, 3.8) is 0 Å². The molecular formula is C21H19N3O4. The molecule has 0 saturated heterocycles. The van der Waals surface area contributed by atoms with E-state index in [0.29, 0.717) is 11.5 Å². The average Bonchev–Trinajstić information content (AvgIpc) is 2.73. The van der Waals surface area contributed by atoms with Crippen LogP contribution in [0.2, 0.25) is 0 Å². The van der Waals surface area contributed by atoms with E-state index in [4.69, 9.17) is 9.47 Å². The summed E-state index contributed by atoms with van der Waals surface area (Å²) in [6.07, 6.45) is 1.65. The molecule has 1 N–H and O–H groups in total. The van der Waals surface area contributed by atoms with Gasteiger partial charge >= 0.3 is 0 Å². The first-order valence-corrected chi connectivity index (χ1v) is 8.54. The zero-order valence-electron chi connectivity index (χ0n) is 15.2. The first-order valence-electron chi connectivity index (χ1n) is 8.54. The molecule has 0 heterocycles. The van der Waals surface area contributed by atoms with Gasteiger partial charge in [-0.25, -0.2) is 0 Å². The molecule has 7 heteroatoms. The Kier molecular flexibility index (Phi) is 6.20. The minimum absolute atomic E-state index is 0.0425. The third-order valence-electron chi connectivity index (χ3n) is 3.93. The molecular weight excluding hydrogens is 358 g/mol. The van der Waals surface area contributed by atoms with Crippen molar-refractivity contribution in [2.45, 2.75) is 6.61 Å². The molecule has 3 aromatic carbocycles. The second-order valence-corrected chi connectivity index (χ2v) is 5.83. The minimum atomic E-state index is -0.431. The van der Waals surface area contributed by atoms with Crippen LogP contribution in [0.15, 0.2) is 77.9 Å². The van der Waals surface area contributed by atoms with Crippen LogP contribution in [0.25, 0.3) is 0 Å². The van der Waals surface area contributed by atoms with E-state index in [1.165, 1.54) is 12.1 Å². The number of rotatable bonds is 8. The molecule has 7 nitrogen and oxygen atoms in total. The van der Waals surface area contributed by atoms with Gasteiger partial charge in [0.1, 0.15) is 6.61 Å². The van der Waals surface area contributed by atoms with E-state index in [9.17, 15) is 10.1 Å². The van der Waals surface area contributed by atoms with Gasteiger partial charge in [-0.05, 0) is 42.0 Å². The van der Waals surface area contributed by atoms with Crippen LogP contribution < -0.4 is 14.9 Å². The molecule has 28 heavy (non-hydrogen) atoms. The van der Waals surface area contributed by atoms with Crippen molar-refractivity contribution < 1.29 is 14.4 Å². The Bertz CT molecular complexity index is 957. The van der Waals surface area contributed by atoms with E-state index >= 15 is 0 Å². The number of hydrazone groups is 1. The van der Waals surface area contributed by atoms with Crippen LogP contribution in [0.3, 0.4) is 0 Å². The highest BCUT2D eigenvalue weighted by atomic mass is 16.6. The van der Waals surface area contributed by atoms with Crippen molar-refractivity contribution in [2.75, 3.05) is 12.5 Å². The van der Waals surface area contributed by atoms with Crippen molar-refractivity contribution in [2.24, 2.45) is 5.10 Å². The number of ether oxygens (including phenoxy) is 2. The number of para-hydroxylation sites is 2. The molecule has 0 aliphatic rings. The second-order valence-electron chi connectivity index (χ2n) is 5.83. The first-order chi connectivity index (χ1) is 13.7. The van der Waals surface area contributed by atoms with Gasteiger partial charge in [0.2, 0.25) is 0 Å². The lowest BCUT2D eigenvalue weighted by atomic mass is 10.2. The molecule has 3 aromatic rings. The lowest BCUT2D eigenvalue weighted by Crippen LogP contribution is -2.02. The molecule has 0 saturated carbocycles. The van der Waals surface area contributed by atoms with E-state index in [1.54, 1.807) is 31.5 Å². The SMILES string of the molecule is COc1cccc(/C=N/Nc2ccccc2)c1OCc1ccc([N+](=O)[O-])cc1. The quantitative estimate of drug-likeness (QED) is 0.351. The molecule has 0 aromatic heterocycles. The molecule has 0 aliphatic heterocycles. The molecule has 0 spiro atoms. The first kappa shape index (κ1) is 18.9. The lowest BCUT2D eigenvalue weighted by Gasteiger charge is -2.13. The predicted molar refractivity (Wildman–Crippen MR) is 108 cm³/mol. The van der Waals surface area contributed by atoms with Crippen molar-refractivity contribution in [3.05, 3.63) is 94.0 Å². The molecule has 0 amide bonds. The van der Waals surface area contributed by atoms with Crippen LogP contribution >= 0.6 is 0 Å². The number of non-ortho nitro benzene ring substituents is 1. The fourth-order valence-electron chi connectivity index (χ4n) is 2.51.